The number of carbonyl (C=O) groups is 1. The molecule has 1 amide bonds. The van der Waals surface area contributed by atoms with Crippen molar-refractivity contribution in [1.29, 1.82) is 0 Å². The molecule has 2 N–H and O–H groups in total. The molecule has 0 aliphatic rings. The molecule has 3 rings (SSSR count). The SMILES string of the molecule is Cc1ccc([C@@H](NS(=O)(=O)c2nnc(NC(=O)C(C)C)s2)c2ccccc2)cc1. The van der Waals surface area contributed by atoms with E-state index in [1.807, 2.05) is 61.5 Å². The average Bonchev–Trinajstić information content (AvgIpc) is 3.17. The molecular formula is C20H22N4O3S2. The van der Waals surface area contributed by atoms with Gasteiger partial charge in [0.1, 0.15) is 0 Å². The molecule has 2 aromatic carbocycles. The normalized spacial score (nSPS) is 12.7. The molecule has 1 heterocycles. The maximum atomic E-state index is 13.0. The zero-order valence-electron chi connectivity index (χ0n) is 16.3. The Kier molecular flexibility index (Phi) is 6.41. The largest absolute Gasteiger partial charge is 0.300 e. The van der Waals surface area contributed by atoms with E-state index in [2.05, 4.69) is 20.2 Å². The lowest BCUT2D eigenvalue weighted by Crippen LogP contribution is -2.29. The van der Waals surface area contributed by atoms with Gasteiger partial charge in [-0.3, -0.25) is 4.79 Å². The monoisotopic (exact) mass is 430 g/mol. The minimum Gasteiger partial charge on any atom is -0.300 e. The third-order valence-electron chi connectivity index (χ3n) is 4.21. The number of sulfonamides is 1. The van der Waals surface area contributed by atoms with Crippen LogP contribution in [0.25, 0.3) is 0 Å². The van der Waals surface area contributed by atoms with Gasteiger partial charge in [0.15, 0.2) is 0 Å². The van der Waals surface area contributed by atoms with E-state index in [0.717, 1.165) is 28.0 Å². The van der Waals surface area contributed by atoms with E-state index in [4.69, 9.17) is 0 Å². The van der Waals surface area contributed by atoms with Gasteiger partial charge in [-0.25, -0.2) is 8.42 Å². The average molecular weight is 431 g/mol. The summed E-state index contributed by atoms with van der Waals surface area (Å²) in [5, 5.41) is 10.3. The first-order valence-corrected chi connectivity index (χ1v) is 11.3. The summed E-state index contributed by atoms with van der Waals surface area (Å²) in [6.45, 7) is 5.45. The number of benzene rings is 2. The van der Waals surface area contributed by atoms with E-state index in [-0.39, 0.29) is 21.3 Å². The van der Waals surface area contributed by atoms with E-state index in [1.165, 1.54) is 0 Å². The van der Waals surface area contributed by atoms with Gasteiger partial charge < -0.3 is 5.32 Å². The quantitative estimate of drug-likeness (QED) is 0.559. The van der Waals surface area contributed by atoms with Crippen molar-refractivity contribution in [2.45, 2.75) is 31.2 Å². The summed E-state index contributed by atoms with van der Waals surface area (Å²) in [5.41, 5.74) is 2.69. The molecule has 0 aliphatic carbocycles. The molecule has 0 saturated heterocycles. The van der Waals surface area contributed by atoms with E-state index in [1.54, 1.807) is 13.8 Å². The van der Waals surface area contributed by atoms with Crippen molar-refractivity contribution in [1.82, 2.24) is 14.9 Å². The van der Waals surface area contributed by atoms with Gasteiger partial charge in [0.25, 0.3) is 10.0 Å². The number of hydrogen-bond donors (Lipinski definition) is 2. The Morgan fingerprint density at radius 2 is 1.59 bits per heavy atom. The number of rotatable bonds is 7. The van der Waals surface area contributed by atoms with E-state index < -0.39 is 16.1 Å². The van der Waals surface area contributed by atoms with E-state index >= 15 is 0 Å². The Hall–Kier alpha value is -2.62. The van der Waals surface area contributed by atoms with Crippen LogP contribution in [0.5, 0.6) is 0 Å². The van der Waals surface area contributed by atoms with Gasteiger partial charge in [0.05, 0.1) is 6.04 Å². The van der Waals surface area contributed by atoms with Gasteiger partial charge >= 0.3 is 0 Å². The smallest absolute Gasteiger partial charge is 0.270 e. The lowest BCUT2D eigenvalue weighted by Gasteiger charge is -2.19. The van der Waals surface area contributed by atoms with Crippen LogP contribution in [0, 0.1) is 12.8 Å². The van der Waals surface area contributed by atoms with Crippen LogP contribution >= 0.6 is 11.3 Å². The fourth-order valence-corrected chi connectivity index (χ4v) is 4.69. The highest BCUT2D eigenvalue weighted by molar-refractivity contribution is 7.91. The molecular weight excluding hydrogens is 408 g/mol. The van der Waals surface area contributed by atoms with Crippen LogP contribution in [0.2, 0.25) is 0 Å². The number of nitrogens with one attached hydrogen (secondary N) is 2. The number of aryl methyl sites for hydroxylation is 1. The van der Waals surface area contributed by atoms with Gasteiger partial charge in [-0.1, -0.05) is 85.3 Å². The number of carbonyl (C=O) groups excluding carboxylic acids is 1. The third kappa shape index (κ3) is 5.26. The molecule has 0 spiro atoms. The summed E-state index contributed by atoms with van der Waals surface area (Å²) in [4.78, 5) is 11.8. The molecule has 9 heteroatoms. The van der Waals surface area contributed by atoms with Gasteiger partial charge in [-0.15, -0.1) is 10.2 Å². The highest BCUT2D eigenvalue weighted by Gasteiger charge is 2.27. The molecule has 1 aromatic heterocycles. The topological polar surface area (TPSA) is 101 Å². The van der Waals surface area contributed by atoms with Crippen LogP contribution in [0.4, 0.5) is 5.13 Å². The number of anilines is 1. The Labute approximate surface area is 174 Å². The summed E-state index contributed by atoms with van der Waals surface area (Å²) < 4.78 is 28.5. The van der Waals surface area contributed by atoms with Crippen LogP contribution in [-0.4, -0.2) is 24.5 Å². The van der Waals surface area contributed by atoms with Crippen molar-refractivity contribution < 1.29 is 13.2 Å². The predicted molar refractivity (Wildman–Crippen MR) is 113 cm³/mol. The first-order chi connectivity index (χ1) is 13.8. The number of hydrogen-bond acceptors (Lipinski definition) is 6. The van der Waals surface area contributed by atoms with Crippen molar-refractivity contribution in [2.75, 3.05) is 5.32 Å². The van der Waals surface area contributed by atoms with Crippen molar-refractivity contribution in [3.63, 3.8) is 0 Å². The second-order valence-corrected chi connectivity index (χ2v) is 9.76. The maximum Gasteiger partial charge on any atom is 0.270 e. The summed E-state index contributed by atoms with van der Waals surface area (Å²) in [5.74, 6) is -0.499. The molecule has 0 bridgehead atoms. The Balaban J connectivity index is 1.90. The zero-order valence-corrected chi connectivity index (χ0v) is 17.9. The number of nitrogens with zero attached hydrogens (tertiary/aromatic N) is 2. The lowest BCUT2D eigenvalue weighted by molar-refractivity contribution is -0.118. The van der Waals surface area contributed by atoms with Gasteiger partial charge in [-0.2, -0.15) is 4.72 Å². The summed E-state index contributed by atoms with van der Waals surface area (Å²) >= 11 is 0.816. The minimum atomic E-state index is -3.96. The fraction of sp³-hybridized carbons (Fsp3) is 0.250. The third-order valence-corrected chi connectivity index (χ3v) is 6.84. The second kappa shape index (κ2) is 8.81. The standard InChI is InChI=1S/C20H22N4O3S2/c1-13(2)18(25)21-19-22-23-20(28-19)29(26,27)24-17(15-7-5-4-6-8-15)16-11-9-14(3)10-12-16/h4-13,17,24H,1-3H3,(H,21,22,25)/t17-/m0/s1. The van der Waals surface area contributed by atoms with Gasteiger partial charge in [0.2, 0.25) is 15.4 Å². The lowest BCUT2D eigenvalue weighted by atomic mass is 9.99. The highest BCUT2D eigenvalue weighted by Crippen LogP contribution is 2.27. The van der Waals surface area contributed by atoms with Gasteiger partial charge in [0, 0.05) is 5.92 Å². The van der Waals surface area contributed by atoms with Crippen molar-refractivity contribution in [2.24, 2.45) is 5.92 Å². The first-order valence-electron chi connectivity index (χ1n) is 9.04. The minimum absolute atomic E-state index is 0.149. The summed E-state index contributed by atoms with van der Waals surface area (Å²) in [7, 11) is -3.96. The van der Waals surface area contributed by atoms with Crippen molar-refractivity contribution in [3.05, 3.63) is 71.3 Å². The molecule has 0 saturated carbocycles. The van der Waals surface area contributed by atoms with Crippen LogP contribution in [0.1, 0.15) is 36.6 Å². The number of aromatic nitrogens is 2. The summed E-state index contributed by atoms with van der Waals surface area (Å²) in [6, 6.07) is 16.4. The number of amides is 1. The molecule has 152 valence electrons. The molecule has 0 radical (unpaired) electrons. The molecule has 3 aromatic rings. The highest BCUT2D eigenvalue weighted by atomic mass is 32.2. The Morgan fingerprint density at radius 3 is 2.21 bits per heavy atom. The molecule has 0 aliphatic heterocycles. The molecule has 7 nitrogen and oxygen atoms in total. The summed E-state index contributed by atoms with van der Waals surface area (Å²) in [6.07, 6.45) is 0. The van der Waals surface area contributed by atoms with Crippen LogP contribution in [0.15, 0.2) is 58.9 Å². The molecule has 0 fully saturated rings. The van der Waals surface area contributed by atoms with E-state index in [0.29, 0.717) is 0 Å². The maximum absolute atomic E-state index is 13.0. The first kappa shape index (κ1) is 21.1. The van der Waals surface area contributed by atoms with E-state index in [9.17, 15) is 13.2 Å². The Bertz CT molecular complexity index is 1080. The predicted octanol–water partition coefficient (Wildman–Crippen LogP) is 3.51. The van der Waals surface area contributed by atoms with Crippen LogP contribution in [-0.2, 0) is 14.8 Å². The van der Waals surface area contributed by atoms with Gasteiger partial charge in [-0.05, 0) is 18.1 Å². The molecule has 1 atom stereocenters. The van der Waals surface area contributed by atoms with Crippen LogP contribution in [0.3, 0.4) is 0 Å². The van der Waals surface area contributed by atoms with Crippen LogP contribution < -0.4 is 10.0 Å². The zero-order chi connectivity index (χ0) is 21.0. The second-order valence-electron chi connectivity index (χ2n) is 6.89. The Morgan fingerprint density at radius 1 is 0.966 bits per heavy atom. The fourth-order valence-electron chi connectivity index (χ4n) is 2.56. The van der Waals surface area contributed by atoms with Crippen molar-refractivity contribution in [3.8, 4) is 0 Å². The molecule has 0 unspecified atom stereocenters. The molecule has 29 heavy (non-hydrogen) atoms. The van der Waals surface area contributed by atoms with Crippen molar-refractivity contribution >= 4 is 32.4 Å².